The number of carbonyl (C=O) groups excluding carboxylic acids is 1. The predicted molar refractivity (Wildman–Crippen MR) is 155 cm³/mol. The molecule has 1 aromatic heterocycles. The van der Waals surface area contributed by atoms with Crippen molar-refractivity contribution < 1.29 is 18.3 Å². The molecule has 9 heteroatoms. The molecule has 0 saturated carbocycles. The van der Waals surface area contributed by atoms with E-state index in [9.17, 15) is 13.6 Å². The van der Waals surface area contributed by atoms with Gasteiger partial charge in [0.05, 0.1) is 30.4 Å². The monoisotopic (exact) mass is 559 g/mol. The van der Waals surface area contributed by atoms with Crippen LogP contribution < -0.4 is 9.64 Å². The molecule has 2 saturated heterocycles. The van der Waals surface area contributed by atoms with Gasteiger partial charge >= 0.3 is 0 Å². The molecule has 6 rings (SSSR count). The summed E-state index contributed by atoms with van der Waals surface area (Å²) in [5.41, 5.74) is 3.68. The number of carbonyl (C=O) groups is 1. The van der Waals surface area contributed by atoms with Crippen molar-refractivity contribution in [3.05, 3.63) is 89.8 Å². The van der Waals surface area contributed by atoms with E-state index < -0.39 is 11.6 Å². The van der Waals surface area contributed by atoms with Crippen LogP contribution in [0.25, 0.3) is 11.0 Å². The summed E-state index contributed by atoms with van der Waals surface area (Å²) in [6.07, 6.45) is 1.62. The lowest BCUT2D eigenvalue weighted by molar-refractivity contribution is -0.137. The Labute approximate surface area is 238 Å². The molecule has 0 unspecified atom stereocenters. The van der Waals surface area contributed by atoms with Crippen molar-refractivity contribution in [1.82, 2.24) is 19.4 Å². The highest BCUT2D eigenvalue weighted by Gasteiger charge is 2.31. The Bertz CT molecular complexity index is 1510. The van der Waals surface area contributed by atoms with E-state index in [4.69, 9.17) is 9.72 Å². The second-order valence-electron chi connectivity index (χ2n) is 10.9. The van der Waals surface area contributed by atoms with Gasteiger partial charge in [-0.05, 0) is 67.9 Å². The summed E-state index contributed by atoms with van der Waals surface area (Å²) in [5, 5.41) is 0. The zero-order valence-electron chi connectivity index (χ0n) is 23.3. The number of piperazine rings is 1. The van der Waals surface area contributed by atoms with Crippen LogP contribution in [-0.4, -0.2) is 71.6 Å². The van der Waals surface area contributed by atoms with Gasteiger partial charge in [0, 0.05) is 44.7 Å². The summed E-state index contributed by atoms with van der Waals surface area (Å²) in [4.78, 5) is 24.5. The number of nitrogens with zero attached hydrogens (tertiary/aromatic N) is 5. The highest BCUT2D eigenvalue weighted by atomic mass is 19.1. The molecule has 214 valence electrons. The number of likely N-dealkylation sites (tertiary alicyclic amines) is 1. The van der Waals surface area contributed by atoms with E-state index in [2.05, 4.69) is 33.7 Å². The Morgan fingerprint density at radius 1 is 0.902 bits per heavy atom. The number of aromatic nitrogens is 2. The van der Waals surface area contributed by atoms with Crippen LogP contribution in [0.15, 0.2) is 66.7 Å². The van der Waals surface area contributed by atoms with E-state index in [0.717, 1.165) is 67.7 Å². The average Bonchev–Trinajstić information content (AvgIpc) is 3.34. The maximum Gasteiger partial charge on any atom is 0.225 e. The lowest BCUT2D eigenvalue weighted by atomic mass is 9.95. The average molecular weight is 560 g/mol. The second-order valence-corrected chi connectivity index (χ2v) is 10.9. The minimum absolute atomic E-state index is 0.00141. The fourth-order valence-electron chi connectivity index (χ4n) is 6.04. The number of ether oxygens (including phenoxy) is 1. The summed E-state index contributed by atoms with van der Waals surface area (Å²) in [6.45, 7) is 5.30. The Hall–Kier alpha value is -3.98. The molecule has 1 amide bonds. The van der Waals surface area contributed by atoms with E-state index in [0.29, 0.717) is 31.9 Å². The molecule has 41 heavy (non-hydrogen) atoms. The Kier molecular flexibility index (Phi) is 7.87. The number of amides is 1. The summed E-state index contributed by atoms with van der Waals surface area (Å²) in [7, 11) is 1.67. The number of hydrogen-bond donors (Lipinski definition) is 0. The van der Waals surface area contributed by atoms with Crippen molar-refractivity contribution in [2.75, 3.05) is 51.3 Å². The summed E-state index contributed by atoms with van der Waals surface area (Å²) < 4.78 is 35.1. The standard InChI is InChI=1S/C32H35F2N5O2/c1-41-26-9-6-23(7-10-26)21-39-30-5-3-2-4-28(30)35-31(39)22-36-14-12-24(13-15-36)32(40)38-18-16-37(17-19-38)29-11-8-25(33)20-27(29)34/h2-11,20,24H,12-19,21-22H2,1H3. The number of fused-ring (bicyclic) bond motifs is 1. The molecular weight excluding hydrogens is 524 g/mol. The predicted octanol–water partition coefficient (Wildman–Crippen LogP) is 4.93. The lowest BCUT2D eigenvalue weighted by Crippen LogP contribution is -2.51. The number of rotatable bonds is 7. The van der Waals surface area contributed by atoms with E-state index in [1.165, 1.54) is 17.7 Å². The highest BCUT2D eigenvalue weighted by Crippen LogP contribution is 2.26. The third-order valence-corrected chi connectivity index (χ3v) is 8.38. The third kappa shape index (κ3) is 5.91. The molecule has 2 aliphatic rings. The fraction of sp³-hybridized carbons (Fsp3) is 0.375. The highest BCUT2D eigenvalue weighted by molar-refractivity contribution is 5.79. The first kappa shape index (κ1) is 27.2. The first-order chi connectivity index (χ1) is 20.0. The third-order valence-electron chi connectivity index (χ3n) is 8.38. The maximum atomic E-state index is 14.2. The SMILES string of the molecule is COc1ccc(Cn2c(CN3CCC(C(=O)N4CCN(c5ccc(F)cc5F)CC4)CC3)nc3ccccc32)cc1. The van der Waals surface area contributed by atoms with Gasteiger partial charge in [-0.3, -0.25) is 9.69 Å². The quantitative estimate of drug-likeness (QED) is 0.321. The largest absolute Gasteiger partial charge is 0.497 e. The van der Waals surface area contributed by atoms with Gasteiger partial charge in [0.15, 0.2) is 0 Å². The molecule has 0 bridgehead atoms. The van der Waals surface area contributed by atoms with Crippen LogP contribution >= 0.6 is 0 Å². The van der Waals surface area contributed by atoms with E-state index in [-0.39, 0.29) is 11.8 Å². The van der Waals surface area contributed by atoms with E-state index in [1.807, 2.05) is 34.1 Å². The zero-order valence-corrected chi connectivity index (χ0v) is 23.3. The van der Waals surface area contributed by atoms with E-state index >= 15 is 0 Å². The van der Waals surface area contributed by atoms with Crippen LogP contribution in [0.5, 0.6) is 5.75 Å². The second kappa shape index (κ2) is 11.9. The minimum Gasteiger partial charge on any atom is -0.497 e. The van der Waals surface area contributed by atoms with Crippen LogP contribution in [0.3, 0.4) is 0 Å². The molecule has 2 fully saturated rings. The first-order valence-electron chi connectivity index (χ1n) is 14.3. The molecule has 0 radical (unpaired) electrons. The van der Waals surface area contributed by atoms with Gasteiger partial charge in [-0.15, -0.1) is 0 Å². The van der Waals surface area contributed by atoms with Crippen molar-refractivity contribution >= 4 is 22.6 Å². The Morgan fingerprint density at radius 3 is 2.34 bits per heavy atom. The van der Waals surface area contributed by atoms with Crippen molar-refractivity contribution in [1.29, 1.82) is 0 Å². The molecule has 3 heterocycles. The molecule has 0 atom stereocenters. The Morgan fingerprint density at radius 2 is 1.63 bits per heavy atom. The van der Waals surface area contributed by atoms with Crippen LogP contribution in [0.1, 0.15) is 24.2 Å². The molecule has 0 aliphatic carbocycles. The van der Waals surface area contributed by atoms with Crippen molar-refractivity contribution in [3.8, 4) is 5.75 Å². The fourth-order valence-corrected chi connectivity index (χ4v) is 6.04. The van der Waals surface area contributed by atoms with Crippen molar-refractivity contribution in [2.45, 2.75) is 25.9 Å². The normalized spacial score (nSPS) is 16.9. The number of hydrogen-bond acceptors (Lipinski definition) is 5. The molecule has 4 aromatic rings. The summed E-state index contributed by atoms with van der Waals surface area (Å²) >= 11 is 0. The van der Waals surface area contributed by atoms with Crippen molar-refractivity contribution in [3.63, 3.8) is 0 Å². The van der Waals surface area contributed by atoms with Gasteiger partial charge in [-0.25, -0.2) is 13.8 Å². The summed E-state index contributed by atoms with van der Waals surface area (Å²) in [6, 6.07) is 20.0. The molecule has 2 aliphatic heterocycles. The van der Waals surface area contributed by atoms with Gasteiger partial charge in [0.1, 0.15) is 23.2 Å². The molecule has 7 nitrogen and oxygen atoms in total. The maximum absolute atomic E-state index is 14.2. The van der Waals surface area contributed by atoms with E-state index in [1.54, 1.807) is 7.11 Å². The van der Waals surface area contributed by atoms with Crippen LogP contribution in [-0.2, 0) is 17.9 Å². The number of piperidine rings is 1. The number of anilines is 1. The van der Waals surface area contributed by atoms with Gasteiger partial charge in [0.2, 0.25) is 5.91 Å². The number of methoxy groups -OCH3 is 1. The number of benzene rings is 3. The van der Waals surface area contributed by atoms with Gasteiger partial charge in [-0.2, -0.15) is 0 Å². The molecule has 3 aromatic carbocycles. The van der Waals surface area contributed by atoms with Crippen LogP contribution in [0.2, 0.25) is 0 Å². The number of halogens is 2. The van der Waals surface area contributed by atoms with Gasteiger partial charge in [0.25, 0.3) is 0 Å². The molecule has 0 N–H and O–H groups in total. The van der Waals surface area contributed by atoms with Gasteiger partial charge < -0.3 is 19.1 Å². The van der Waals surface area contributed by atoms with Crippen LogP contribution in [0, 0.1) is 17.6 Å². The number of imidazole rings is 1. The molecule has 0 spiro atoms. The van der Waals surface area contributed by atoms with Crippen LogP contribution in [0.4, 0.5) is 14.5 Å². The lowest BCUT2D eigenvalue weighted by Gasteiger charge is -2.39. The summed E-state index contributed by atoms with van der Waals surface area (Å²) in [5.74, 6) is 0.908. The van der Waals surface area contributed by atoms with Gasteiger partial charge in [-0.1, -0.05) is 24.3 Å². The smallest absolute Gasteiger partial charge is 0.225 e. The van der Waals surface area contributed by atoms with Crippen molar-refractivity contribution in [2.24, 2.45) is 5.92 Å². The zero-order chi connectivity index (χ0) is 28.3. The number of para-hydroxylation sites is 2. The molecular formula is C32H35F2N5O2. The minimum atomic E-state index is -0.583. The Balaban J connectivity index is 1.06. The first-order valence-corrected chi connectivity index (χ1v) is 14.3. The topological polar surface area (TPSA) is 53.8 Å².